The van der Waals surface area contributed by atoms with Gasteiger partial charge in [-0.05, 0) is 13.0 Å². The Morgan fingerprint density at radius 1 is 1.06 bits per heavy atom. The molecule has 4 heteroatoms. The Morgan fingerprint density at radius 2 is 1.65 bits per heavy atom. The summed E-state index contributed by atoms with van der Waals surface area (Å²) in [5.74, 6) is 0. The predicted octanol–water partition coefficient (Wildman–Crippen LogP) is 1.51. The monoisotopic (exact) mass is 269 g/mol. The molecule has 1 fully saturated rings. The Balaban J connectivity index is 0.000000205. The van der Waals surface area contributed by atoms with Crippen molar-refractivity contribution in [3.63, 3.8) is 0 Å². The van der Waals surface area contributed by atoms with Gasteiger partial charge in [0.1, 0.15) is 0 Å². The largest absolute Gasteiger partial charge is 0.748 e. The van der Waals surface area contributed by atoms with Gasteiger partial charge < -0.3 is 40.2 Å². The molecule has 3 rings (SSSR count). The molecule has 2 aromatic carbocycles. The van der Waals surface area contributed by atoms with Crippen LogP contribution in [0.4, 0.5) is 0 Å². The summed E-state index contributed by atoms with van der Waals surface area (Å²) in [5.41, 5.74) is 1.24. The summed E-state index contributed by atoms with van der Waals surface area (Å²) in [6, 6.07) is 18.2. The summed E-state index contributed by atoms with van der Waals surface area (Å²) in [6.45, 7) is 1.94. The third-order valence-corrected chi connectivity index (χ3v) is 2.48. The zero-order chi connectivity index (χ0) is 11.1. The van der Waals surface area contributed by atoms with E-state index in [1.165, 1.54) is 5.46 Å². The van der Waals surface area contributed by atoms with Gasteiger partial charge in [-0.25, -0.2) is 12.1 Å². The quantitative estimate of drug-likeness (QED) is 0.626. The van der Waals surface area contributed by atoms with Crippen molar-refractivity contribution in [1.29, 1.82) is 0 Å². The molecule has 0 atom stereocenters. The molecule has 0 amide bonds. The molecule has 0 aliphatic carbocycles. The van der Waals surface area contributed by atoms with E-state index in [0.717, 1.165) is 19.6 Å². The van der Waals surface area contributed by atoms with E-state index in [0.29, 0.717) is 0 Å². The fourth-order valence-corrected chi connectivity index (χ4v) is 1.66. The van der Waals surface area contributed by atoms with Crippen LogP contribution in [0.1, 0.15) is 6.42 Å². The minimum Gasteiger partial charge on any atom is -0.748 e. The average Bonchev–Trinajstić information content (AvgIpc) is 3.07. The summed E-state index contributed by atoms with van der Waals surface area (Å²) >= 11 is 0. The van der Waals surface area contributed by atoms with Crippen LogP contribution in [0.25, 0.3) is 0 Å². The third kappa shape index (κ3) is 4.92. The normalized spacial score (nSPS) is 14.5. The minimum absolute atomic E-state index is 0. The van der Waals surface area contributed by atoms with Crippen molar-refractivity contribution in [2.45, 2.75) is 6.42 Å². The van der Waals surface area contributed by atoms with E-state index in [9.17, 15) is 0 Å². The van der Waals surface area contributed by atoms with Crippen LogP contribution in [0, 0.1) is 0 Å². The second kappa shape index (κ2) is 8.32. The molecule has 17 heavy (non-hydrogen) atoms. The Bertz CT molecular complexity index is 337. The van der Waals surface area contributed by atoms with Crippen molar-refractivity contribution in [1.82, 2.24) is 5.23 Å². The van der Waals surface area contributed by atoms with Gasteiger partial charge in [-0.2, -0.15) is 12.1 Å². The SMILES string of the molecule is [Fe].[cH-]1[cH-][cH-][cH-][cH-]1.c1cc[c-](B2NCCCO2)c1. The fraction of sp³-hybridized carbons (Fsp3) is 0.231. The van der Waals surface area contributed by atoms with Crippen LogP contribution in [-0.4, -0.2) is 20.2 Å². The topological polar surface area (TPSA) is 21.3 Å². The van der Waals surface area contributed by atoms with Crippen molar-refractivity contribution in [3.05, 3.63) is 54.6 Å². The molecule has 2 nitrogen and oxygen atoms in total. The number of hydrogen-bond acceptors (Lipinski definition) is 2. The molecule has 0 bridgehead atoms. The Kier molecular flexibility index (Phi) is 6.98. The van der Waals surface area contributed by atoms with E-state index >= 15 is 0 Å². The molecule has 0 radical (unpaired) electrons. The molecule has 1 heterocycles. The van der Waals surface area contributed by atoms with Crippen LogP contribution in [0.2, 0.25) is 0 Å². The fourth-order valence-electron chi connectivity index (χ4n) is 1.66. The molecule has 96 valence electrons. The first-order valence-corrected chi connectivity index (χ1v) is 5.70. The third-order valence-electron chi connectivity index (χ3n) is 2.48. The van der Waals surface area contributed by atoms with Gasteiger partial charge in [0.05, 0.1) is 0 Å². The van der Waals surface area contributed by atoms with Gasteiger partial charge in [0, 0.05) is 23.7 Å². The minimum atomic E-state index is 0. The molecule has 0 aromatic heterocycles. The predicted molar refractivity (Wildman–Crippen MR) is 68.0 cm³/mol. The molecule has 1 N–H and O–H groups in total. The summed E-state index contributed by atoms with van der Waals surface area (Å²) < 4.78 is 5.51. The molecule has 1 aliphatic rings. The number of hydrogen-bond donors (Lipinski definition) is 1. The van der Waals surface area contributed by atoms with Crippen LogP contribution in [0.3, 0.4) is 0 Å². The average molecular weight is 269 g/mol. The smallest absolute Gasteiger partial charge is 0.340 e. The first-order valence-electron chi connectivity index (χ1n) is 5.70. The van der Waals surface area contributed by atoms with Crippen LogP contribution in [-0.2, 0) is 21.7 Å². The van der Waals surface area contributed by atoms with Gasteiger partial charge >= 0.3 is 7.05 Å². The van der Waals surface area contributed by atoms with E-state index in [-0.39, 0.29) is 24.1 Å². The summed E-state index contributed by atoms with van der Waals surface area (Å²) in [5, 5.41) is 3.30. The molecule has 0 spiro atoms. The number of rotatable bonds is 1. The van der Waals surface area contributed by atoms with Crippen LogP contribution in [0.15, 0.2) is 54.6 Å². The van der Waals surface area contributed by atoms with Crippen LogP contribution >= 0.6 is 0 Å². The first-order chi connectivity index (χ1) is 7.97. The van der Waals surface area contributed by atoms with Gasteiger partial charge in [-0.3, -0.25) is 0 Å². The maximum atomic E-state index is 5.51. The molecule has 0 saturated carbocycles. The maximum absolute atomic E-state index is 5.51. The van der Waals surface area contributed by atoms with E-state index in [1.54, 1.807) is 0 Å². The molecule has 1 saturated heterocycles. The summed E-state index contributed by atoms with van der Waals surface area (Å²) in [7, 11) is 0.138. The van der Waals surface area contributed by atoms with Crippen molar-refractivity contribution >= 4 is 12.5 Å². The van der Waals surface area contributed by atoms with E-state index < -0.39 is 0 Å². The molecular formula is C13H16BFeNO-6. The zero-order valence-electron chi connectivity index (χ0n) is 9.66. The second-order valence-corrected chi connectivity index (χ2v) is 3.74. The van der Waals surface area contributed by atoms with Gasteiger partial charge in [-0.15, -0.1) is 5.46 Å². The summed E-state index contributed by atoms with van der Waals surface area (Å²) in [6.07, 6.45) is 1.12. The molecular weight excluding hydrogens is 253 g/mol. The molecule has 2 aromatic rings. The number of nitrogens with one attached hydrogen (secondary N) is 1. The van der Waals surface area contributed by atoms with Crippen molar-refractivity contribution in [2.24, 2.45) is 0 Å². The van der Waals surface area contributed by atoms with Gasteiger partial charge in [0.15, 0.2) is 0 Å². The van der Waals surface area contributed by atoms with Crippen molar-refractivity contribution in [2.75, 3.05) is 13.2 Å². The van der Waals surface area contributed by atoms with Crippen molar-refractivity contribution in [3.8, 4) is 0 Å². The van der Waals surface area contributed by atoms with E-state index in [2.05, 4.69) is 17.4 Å². The van der Waals surface area contributed by atoms with Crippen LogP contribution < -0.4 is 10.7 Å². The van der Waals surface area contributed by atoms with Crippen molar-refractivity contribution < 1.29 is 21.7 Å². The zero-order valence-corrected chi connectivity index (χ0v) is 10.8. The van der Waals surface area contributed by atoms with Crippen LogP contribution in [0.5, 0.6) is 0 Å². The maximum Gasteiger partial charge on any atom is 0.340 e. The standard InChI is InChI=1S/C8H11BNO.C5H5.Fe/c1-2-5-8(4-1)9-10-6-3-7-11-9;1-2-4-5-3-1;/h1-2,4-5,10H,3,6-7H2;1-5H;/q-1;-5;. The Labute approximate surface area is 114 Å². The van der Waals surface area contributed by atoms with Gasteiger partial charge in [0.2, 0.25) is 0 Å². The second-order valence-electron chi connectivity index (χ2n) is 3.74. The molecule has 1 aliphatic heterocycles. The first kappa shape index (κ1) is 14.3. The Morgan fingerprint density at radius 3 is 2.12 bits per heavy atom. The van der Waals surface area contributed by atoms with Gasteiger partial charge in [0.25, 0.3) is 0 Å². The summed E-state index contributed by atoms with van der Waals surface area (Å²) in [4.78, 5) is 0. The molecule has 0 unspecified atom stereocenters. The van der Waals surface area contributed by atoms with E-state index in [1.807, 2.05) is 42.5 Å². The van der Waals surface area contributed by atoms with E-state index in [4.69, 9.17) is 4.65 Å². The Hall–Kier alpha value is -0.796. The van der Waals surface area contributed by atoms with Gasteiger partial charge in [-0.1, -0.05) is 0 Å².